The van der Waals surface area contributed by atoms with Gasteiger partial charge in [0.2, 0.25) is 0 Å². The summed E-state index contributed by atoms with van der Waals surface area (Å²) in [6, 6.07) is 10.7. The molecule has 1 atom stereocenters. The molecular weight excluding hydrogens is 309 g/mol. The molecule has 6 heteroatoms. The molecule has 2 aromatic rings. The molecule has 0 radical (unpaired) electrons. The van der Waals surface area contributed by atoms with Gasteiger partial charge in [0.05, 0.1) is 12.0 Å². The molecule has 1 aliphatic rings. The van der Waals surface area contributed by atoms with Crippen LogP contribution in [0.3, 0.4) is 0 Å². The number of amides is 1. The lowest BCUT2D eigenvalue weighted by Gasteiger charge is -2.36. The van der Waals surface area contributed by atoms with Gasteiger partial charge in [0.25, 0.3) is 5.91 Å². The summed E-state index contributed by atoms with van der Waals surface area (Å²) in [5.74, 6) is 0.770. The summed E-state index contributed by atoms with van der Waals surface area (Å²) in [7, 11) is 0. The van der Waals surface area contributed by atoms with Crippen molar-refractivity contribution in [2.45, 2.75) is 13.0 Å². The number of halogens is 1. The minimum Gasteiger partial charge on any atom is -0.463 e. The highest BCUT2D eigenvalue weighted by Gasteiger charge is 2.24. The van der Waals surface area contributed by atoms with Crippen molar-refractivity contribution < 1.29 is 18.9 Å². The predicted molar refractivity (Wildman–Crippen MR) is 89.1 cm³/mol. The second kappa shape index (κ2) is 7.49. The van der Waals surface area contributed by atoms with Crippen molar-refractivity contribution in [1.29, 1.82) is 0 Å². The average molecular weight is 332 g/mol. The van der Waals surface area contributed by atoms with E-state index in [1.807, 2.05) is 40.2 Å². The summed E-state index contributed by atoms with van der Waals surface area (Å²) in [6.45, 7) is 4.96. The second-order valence-electron chi connectivity index (χ2n) is 6.06. The number of rotatable bonds is 5. The molecule has 0 saturated carbocycles. The van der Waals surface area contributed by atoms with E-state index in [9.17, 15) is 9.18 Å². The van der Waals surface area contributed by atoms with E-state index in [1.54, 1.807) is 18.4 Å². The number of benzene rings is 1. The van der Waals surface area contributed by atoms with E-state index in [1.165, 1.54) is 6.07 Å². The molecule has 1 amide bonds. The Bertz CT molecular complexity index is 667. The monoisotopic (exact) mass is 332 g/mol. The first-order valence-electron chi connectivity index (χ1n) is 8.29. The first-order chi connectivity index (χ1) is 11.6. The summed E-state index contributed by atoms with van der Waals surface area (Å²) in [5.41, 5.74) is 0.614. The molecule has 0 unspecified atom stereocenters. The van der Waals surface area contributed by atoms with Crippen molar-refractivity contribution in [3.63, 3.8) is 0 Å². The standard InChI is InChI=1S/C18H22FN3O2/c1-14(17-7-4-12-24-17)20-13-18(23)22-10-8-21(9-11-22)16-6-3-2-5-15(16)19/h2-7,12,14,20H,8-11,13H2,1H3/p+1/t14-/m1/s1. The van der Waals surface area contributed by atoms with E-state index in [4.69, 9.17) is 4.42 Å². The van der Waals surface area contributed by atoms with E-state index in [0.717, 1.165) is 5.76 Å². The number of quaternary nitrogens is 1. The molecule has 0 aliphatic carbocycles. The number of furan rings is 1. The zero-order valence-electron chi connectivity index (χ0n) is 13.8. The molecule has 5 nitrogen and oxygen atoms in total. The quantitative estimate of drug-likeness (QED) is 0.900. The molecule has 1 aromatic carbocycles. The Morgan fingerprint density at radius 3 is 2.62 bits per heavy atom. The maximum absolute atomic E-state index is 13.8. The molecule has 1 aliphatic heterocycles. The van der Waals surface area contributed by atoms with Crippen molar-refractivity contribution >= 4 is 11.6 Å². The zero-order chi connectivity index (χ0) is 16.9. The molecule has 1 aromatic heterocycles. The molecular formula is C18H23FN3O2+. The first kappa shape index (κ1) is 16.5. The van der Waals surface area contributed by atoms with Crippen LogP contribution in [-0.4, -0.2) is 43.5 Å². The smallest absolute Gasteiger partial charge is 0.277 e. The van der Waals surface area contributed by atoms with Crippen LogP contribution in [0.1, 0.15) is 18.7 Å². The summed E-state index contributed by atoms with van der Waals surface area (Å²) < 4.78 is 19.2. The maximum atomic E-state index is 13.8. The molecule has 0 bridgehead atoms. The van der Waals surface area contributed by atoms with Gasteiger partial charge in [-0.1, -0.05) is 12.1 Å². The summed E-state index contributed by atoms with van der Waals surface area (Å²) in [6.07, 6.45) is 1.64. The van der Waals surface area contributed by atoms with Crippen molar-refractivity contribution in [3.05, 3.63) is 54.2 Å². The van der Waals surface area contributed by atoms with Crippen LogP contribution >= 0.6 is 0 Å². The maximum Gasteiger partial charge on any atom is 0.277 e. The van der Waals surface area contributed by atoms with Crippen LogP contribution in [0.25, 0.3) is 0 Å². The van der Waals surface area contributed by atoms with Gasteiger partial charge in [-0.05, 0) is 31.2 Å². The summed E-state index contributed by atoms with van der Waals surface area (Å²) >= 11 is 0. The highest BCUT2D eigenvalue weighted by atomic mass is 19.1. The van der Waals surface area contributed by atoms with Gasteiger partial charge in [0.15, 0.2) is 12.3 Å². The largest absolute Gasteiger partial charge is 0.463 e. The third-order valence-corrected chi connectivity index (χ3v) is 4.46. The fourth-order valence-electron chi connectivity index (χ4n) is 2.98. The minimum absolute atomic E-state index is 0.113. The number of carbonyl (C=O) groups excluding carboxylic acids is 1. The van der Waals surface area contributed by atoms with Crippen molar-refractivity contribution in [3.8, 4) is 0 Å². The van der Waals surface area contributed by atoms with Gasteiger partial charge in [-0.2, -0.15) is 0 Å². The normalized spacial score (nSPS) is 16.2. The molecule has 24 heavy (non-hydrogen) atoms. The van der Waals surface area contributed by atoms with Gasteiger partial charge < -0.3 is 19.5 Å². The molecule has 2 heterocycles. The Morgan fingerprint density at radius 1 is 1.21 bits per heavy atom. The number of piperazine rings is 1. The molecule has 1 saturated heterocycles. The van der Waals surface area contributed by atoms with Crippen molar-refractivity contribution in [2.75, 3.05) is 37.6 Å². The lowest BCUT2D eigenvalue weighted by molar-refractivity contribution is -0.685. The first-order valence-corrected chi connectivity index (χ1v) is 8.29. The molecule has 3 rings (SSSR count). The van der Waals surface area contributed by atoms with Crippen LogP contribution in [0.15, 0.2) is 47.1 Å². The number of hydrogen-bond donors (Lipinski definition) is 1. The third kappa shape index (κ3) is 3.76. The summed E-state index contributed by atoms with van der Waals surface area (Å²) in [5, 5.41) is 1.98. The van der Waals surface area contributed by atoms with Crippen LogP contribution < -0.4 is 10.2 Å². The van der Waals surface area contributed by atoms with Gasteiger partial charge in [-0.25, -0.2) is 4.39 Å². The van der Waals surface area contributed by atoms with Gasteiger partial charge in [-0.3, -0.25) is 4.79 Å². The molecule has 1 fully saturated rings. The molecule has 0 spiro atoms. The van der Waals surface area contributed by atoms with Gasteiger partial charge in [0.1, 0.15) is 11.9 Å². The van der Waals surface area contributed by atoms with E-state index in [0.29, 0.717) is 38.4 Å². The fourth-order valence-corrected chi connectivity index (χ4v) is 2.98. The lowest BCUT2D eigenvalue weighted by atomic mass is 10.2. The Balaban J connectivity index is 1.48. The summed E-state index contributed by atoms with van der Waals surface area (Å²) in [4.78, 5) is 16.2. The van der Waals surface area contributed by atoms with E-state index >= 15 is 0 Å². The van der Waals surface area contributed by atoms with Crippen molar-refractivity contribution in [1.82, 2.24) is 4.90 Å². The van der Waals surface area contributed by atoms with Gasteiger partial charge >= 0.3 is 0 Å². The predicted octanol–water partition coefficient (Wildman–Crippen LogP) is 1.39. The Morgan fingerprint density at radius 2 is 1.96 bits per heavy atom. The average Bonchev–Trinajstić information content (AvgIpc) is 3.15. The number of hydrogen-bond acceptors (Lipinski definition) is 3. The number of nitrogens with zero attached hydrogens (tertiary/aromatic N) is 2. The second-order valence-corrected chi connectivity index (χ2v) is 6.06. The zero-order valence-corrected chi connectivity index (χ0v) is 13.8. The highest BCUT2D eigenvalue weighted by Crippen LogP contribution is 2.20. The lowest BCUT2D eigenvalue weighted by Crippen LogP contribution is -2.87. The van der Waals surface area contributed by atoms with E-state index in [2.05, 4.69) is 0 Å². The Hall–Kier alpha value is -2.34. The number of para-hydroxylation sites is 1. The highest BCUT2D eigenvalue weighted by molar-refractivity contribution is 5.77. The van der Waals surface area contributed by atoms with Crippen molar-refractivity contribution in [2.24, 2.45) is 0 Å². The van der Waals surface area contributed by atoms with Crippen LogP contribution in [0.4, 0.5) is 10.1 Å². The number of anilines is 1. The van der Waals surface area contributed by atoms with Gasteiger partial charge in [-0.15, -0.1) is 0 Å². The van der Waals surface area contributed by atoms with Gasteiger partial charge in [0, 0.05) is 26.2 Å². The minimum atomic E-state index is -0.210. The fraction of sp³-hybridized carbons (Fsp3) is 0.389. The van der Waals surface area contributed by atoms with E-state index in [-0.39, 0.29) is 17.8 Å². The Labute approximate surface area is 141 Å². The third-order valence-electron chi connectivity index (χ3n) is 4.46. The number of carbonyl (C=O) groups is 1. The molecule has 128 valence electrons. The van der Waals surface area contributed by atoms with Crippen LogP contribution in [0.5, 0.6) is 0 Å². The van der Waals surface area contributed by atoms with Crippen LogP contribution in [0, 0.1) is 5.82 Å². The Kier molecular flexibility index (Phi) is 5.15. The molecule has 2 N–H and O–H groups in total. The SMILES string of the molecule is C[C@@H]([NH2+]CC(=O)N1CCN(c2ccccc2F)CC1)c1ccco1. The van der Waals surface area contributed by atoms with Crippen LogP contribution in [0.2, 0.25) is 0 Å². The number of nitrogens with two attached hydrogens (primary N) is 1. The van der Waals surface area contributed by atoms with E-state index < -0.39 is 0 Å². The topological polar surface area (TPSA) is 53.3 Å². The van der Waals surface area contributed by atoms with Crippen LogP contribution in [-0.2, 0) is 4.79 Å².